The molecular formula is C16H20N2O3. The van der Waals surface area contributed by atoms with Gasteiger partial charge in [0.1, 0.15) is 5.54 Å². The van der Waals surface area contributed by atoms with Gasteiger partial charge in [-0.25, -0.2) is 4.79 Å². The molecule has 1 aromatic rings. The highest BCUT2D eigenvalue weighted by molar-refractivity contribution is 6.07. The summed E-state index contributed by atoms with van der Waals surface area (Å²) in [5.41, 5.74) is 0.884. The predicted octanol–water partition coefficient (Wildman–Crippen LogP) is 1.80. The van der Waals surface area contributed by atoms with E-state index in [0.29, 0.717) is 19.8 Å². The molecule has 0 spiro atoms. The summed E-state index contributed by atoms with van der Waals surface area (Å²) in [5, 5.41) is 2.86. The Labute approximate surface area is 124 Å². The summed E-state index contributed by atoms with van der Waals surface area (Å²) >= 11 is 0. The average Bonchev–Trinajstić information content (AvgIpc) is 3.03. The number of nitrogens with one attached hydrogen (secondary N) is 1. The van der Waals surface area contributed by atoms with Crippen molar-refractivity contribution < 1.29 is 14.3 Å². The van der Waals surface area contributed by atoms with E-state index in [1.54, 1.807) is 6.92 Å². The zero-order valence-corrected chi connectivity index (χ0v) is 12.4. The molecule has 3 rings (SSSR count). The van der Waals surface area contributed by atoms with Crippen molar-refractivity contribution in [3.05, 3.63) is 35.4 Å². The number of imide groups is 1. The molecule has 5 heteroatoms. The first-order valence-corrected chi connectivity index (χ1v) is 7.30. The van der Waals surface area contributed by atoms with E-state index in [4.69, 9.17) is 4.74 Å². The first-order valence-electron chi connectivity index (χ1n) is 7.30. The first-order chi connectivity index (χ1) is 10.0. The number of carbonyl (C=O) groups is 2. The van der Waals surface area contributed by atoms with Crippen molar-refractivity contribution in [3.8, 4) is 0 Å². The Morgan fingerprint density at radius 3 is 2.81 bits per heavy atom. The number of ether oxygens (including phenoxy) is 1. The second-order valence-corrected chi connectivity index (χ2v) is 6.02. The van der Waals surface area contributed by atoms with Gasteiger partial charge in [-0.2, -0.15) is 0 Å². The van der Waals surface area contributed by atoms with Crippen LogP contribution in [0.2, 0.25) is 0 Å². The summed E-state index contributed by atoms with van der Waals surface area (Å²) in [4.78, 5) is 26.3. The van der Waals surface area contributed by atoms with E-state index >= 15 is 0 Å². The SMILES string of the molecule is Cc1ccccc1[C@]1(C)NC(=O)N(C[C@H]2CCOC2)C1=O. The van der Waals surface area contributed by atoms with Crippen LogP contribution in [0.3, 0.4) is 0 Å². The van der Waals surface area contributed by atoms with E-state index in [0.717, 1.165) is 17.5 Å². The lowest BCUT2D eigenvalue weighted by Crippen LogP contribution is -2.42. The van der Waals surface area contributed by atoms with Crippen LogP contribution in [0.1, 0.15) is 24.5 Å². The Morgan fingerprint density at radius 2 is 2.14 bits per heavy atom. The molecule has 0 radical (unpaired) electrons. The molecular weight excluding hydrogens is 268 g/mol. The number of carbonyl (C=O) groups excluding carboxylic acids is 2. The lowest BCUT2D eigenvalue weighted by molar-refractivity contribution is -0.131. The Hall–Kier alpha value is -1.88. The minimum absolute atomic E-state index is 0.172. The van der Waals surface area contributed by atoms with Crippen molar-refractivity contribution in [3.63, 3.8) is 0 Å². The van der Waals surface area contributed by atoms with E-state index in [1.807, 2.05) is 31.2 Å². The maximum absolute atomic E-state index is 12.8. The van der Waals surface area contributed by atoms with Crippen LogP contribution < -0.4 is 5.32 Å². The molecule has 1 N–H and O–H groups in total. The van der Waals surface area contributed by atoms with E-state index in [2.05, 4.69) is 5.32 Å². The predicted molar refractivity (Wildman–Crippen MR) is 77.7 cm³/mol. The van der Waals surface area contributed by atoms with Gasteiger partial charge in [-0.3, -0.25) is 9.69 Å². The lowest BCUT2D eigenvalue weighted by Gasteiger charge is -2.24. The molecule has 3 amide bonds. The molecule has 0 aliphatic carbocycles. The van der Waals surface area contributed by atoms with Gasteiger partial charge in [0.05, 0.1) is 6.61 Å². The largest absolute Gasteiger partial charge is 0.381 e. The highest BCUT2D eigenvalue weighted by Gasteiger charge is 2.49. The molecule has 112 valence electrons. The Bertz CT molecular complexity index is 581. The molecule has 2 fully saturated rings. The number of benzene rings is 1. The molecule has 2 atom stereocenters. The van der Waals surface area contributed by atoms with Crippen LogP contribution in [-0.2, 0) is 15.1 Å². The van der Waals surface area contributed by atoms with Crippen LogP contribution in [0, 0.1) is 12.8 Å². The monoisotopic (exact) mass is 288 g/mol. The number of hydrogen-bond acceptors (Lipinski definition) is 3. The van der Waals surface area contributed by atoms with Gasteiger partial charge in [0.2, 0.25) is 0 Å². The van der Waals surface area contributed by atoms with Gasteiger partial charge < -0.3 is 10.1 Å². The summed E-state index contributed by atoms with van der Waals surface area (Å²) in [6, 6.07) is 7.36. The maximum atomic E-state index is 12.8. The fraction of sp³-hybridized carbons (Fsp3) is 0.500. The molecule has 2 heterocycles. The van der Waals surface area contributed by atoms with Gasteiger partial charge in [0, 0.05) is 19.1 Å². The van der Waals surface area contributed by atoms with Gasteiger partial charge >= 0.3 is 6.03 Å². The third-order valence-electron chi connectivity index (χ3n) is 4.42. The molecule has 5 nitrogen and oxygen atoms in total. The minimum atomic E-state index is -0.970. The molecule has 0 bridgehead atoms. The highest BCUT2D eigenvalue weighted by Crippen LogP contribution is 2.31. The molecule has 1 aromatic carbocycles. The summed E-state index contributed by atoms with van der Waals surface area (Å²) in [6.45, 7) is 5.50. The molecule has 2 aliphatic rings. The minimum Gasteiger partial charge on any atom is -0.381 e. The number of amides is 3. The van der Waals surface area contributed by atoms with Crippen molar-refractivity contribution in [1.29, 1.82) is 0 Å². The van der Waals surface area contributed by atoms with Gasteiger partial charge in [-0.15, -0.1) is 0 Å². The number of aryl methyl sites for hydroxylation is 1. The third kappa shape index (κ3) is 2.31. The Balaban J connectivity index is 1.87. The smallest absolute Gasteiger partial charge is 0.325 e. The topological polar surface area (TPSA) is 58.6 Å². The standard InChI is InChI=1S/C16H20N2O3/c1-11-5-3-4-6-13(11)16(2)14(19)18(15(20)17-16)9-12-7-8-21-10-12/h3-6,12H,7-10H2,1-2H3,(H,17,20)/t12-,16+/m1/s1. The van der Waals surface area contributed by atoms with E-state index < -0.39 is 5.54 Å². The van der Waals surface area contributed by atoms with Gasteiger partial charge in [-0.1, -0.05) is 24.3 Å². The van der Waals surface area contributed by atoms with Crippen LogP contribution in [0.4, 0.5) is 4.79 Å². The second kappa shape index (κ2) is 5.15. The summed E-state index contributed by atoms with van der Waals surface area (Å²) in [6.07, 6.45) is 0.901. The zero-order chi connectivity index (χ0) is 15.0. The zero-order valence-electron chi connectivity index (χ0n) is 12.4. The second-order valence-electron chi connectivity index (χ2n) is 6.02. The molecule has 2 saturated heterocycles. The van der Waals surface area contributed by atoms with Gasteiger partial charge in [-0.05, 0) is 31.4 Å². The maximum Gasteiger partial charge on any atom is 0.325 e. The van der Waals surface area contributed by atoms with Crippen LogP contribution in [0.25, 0.3) is 0 Å². The van der Waals surface area contributed by atoms with E-state index in [-0.39, 0.29) is 17.9 Å². The third-order valence-corrected chi connectivity index (χ3v) is 4.42. The number of hydrogen-bond donors (Lipinski definition) is 1. The Morgan fingerprint density at radius 1 is 1.38 bits per heavy atom. The van der Waals surface area contributed by atoms with Crippen molar-refractivity contribution >= 4 is 11.9 Å². The highest BCUT2D eigenvalue weighted by atomic mass is 16.5. The molecule has 0 saturated carbocycles. The Kier molecular flexibility index (Phi) is 3.45. The van der Waals surface area contributed by atoms with E-state index in [1.165, 1.54) is 4.90 Å². The van der Waals surface area contributed by atoms with Crippen LogP contribution in [0.15, 0.2) is 24.3 Å². The molecule has 21 heavy (non-hydrogen) atoms. The molecule has 0 unspecified atom stereocenters. The quantitative estimate of drug-likeness (QED) is 0.863. The average molecular weight is 288 g/mol. The first kappa shape index (κ1) is 14.1. The summed E-state index contributed by atoms with van der Waals surface area (Å²) < 4.78 is 5.32. The van der Waals surface area contributed by atoms with Gasteiger partial charge in [0.25, 0.3) is 5.91 Å². The van der Waals surface area contributed by atoms with Crippen LogP contribution in [0.5, 0.6) is 0 Å². The molecule has 2 aliphatic heterocycles. The lowest BCUT2D eigenvalue weighted by atomic mass is 9.88. The van der Waals surface area contributed by atoms with Crippen molar-refractivity contribution in [2.24, 2.45) is 5.92 Å². The van der Waals surface area contributed by atoms with Crippen molar-refractivity contribution in [2.75, 3.05) is 19.8 Å². The number of urea groups is 1. The fourth-order valence-electron chi connectivity index (χ4n) is 3.16. The van der Waals surface area contributed by atoms with Crippen molar-refractivity contribution in [1.82, 2.24) is 10.2 Å². The molecule has 0 aromatic heterocycles. The fourth-order valence-corrected chi connectivity index (χ4v) is 3.16. The van der Waals surface area contributed by atoms with E-state index in [9.17, 15) is 9.59 Å². The van der Waals surface area contributed by atoms with Crippen LogP contribution in [-0.4, -0.2) is 36.6 Å². The van der Waals surface area contributed by atoms with Gasteiger partial charge in [0.15, 0.2) is 0 Å². The summed E-state index contributed by atoms with van der Waals surface area (Å²) in [5.74, 6) is 0.0765. The van der Waals surface area contributed by atoms with Crippen molar-refractivity contribution in [2.45, 2.75) is 25.8 Å². The number of nitrogens with zero attached hydrogens (tertiary/aromatic N) is 1. The van der Waals surface area contributed by atoms with Crippen LogP contribution >= 0.6 is 0 Å². The summed E-state index contributed by atoms with van der Waals surface area (Å²) in [7, 11) is 0. The number of rotatable bonds is 3. The normalized spacial score (nSPS) is 29.0.